The number of aromatic nitrogens is 4. The number of allylic oxidation sites excluding steroid dienone is 1. The van der Waals surface area contributed by atoms with E-state index < -0.39 is 0 Å². The largest absolute Gasteiger partial charge is 0.507 e. The van der Waals surface area contributed by atoms with Crippen molar-refractivity contribution in [1.82, 2.24) is 24.3 Å². The van der Waals surface area contributed by atoms with Crippen LogP contribution in [0.25, 0.3) is 5.65 Å². The van der Waals surface area contributed by atoms with Crippen LogP contribution in [0, 0.1) is 22.7 Å². The fourth-order valence-corrected chi connectivity index (χ4v) is 4.40. The quantitative estimate of drug-likeness (QED) is 0.185. The Labute approximate surface area is 220 Å². The summed E-state index contributed by atoms with van der Waals surface area (Å²) in [6.45, 7) is 2.67. The van der Waals surface area contributed by atoms with Crippen LogP contribution >= 0.6 is 0 Å². The van der Waals surface area contributed by atoms with Crippen molar-refractivity contribution in [3.8, 4) is 17.6 Å². The van der Waals surface area contributed by atoms with Crippen molar-refractivity contribution in [2.75, 3.05) is 31.1 Å². The van der Waals surface area contributed by atoms with Gasteiger partial charge in [0.15, 0.2) is 0 Å². The van der Waals surface area contributed by atoms with Crippen LogP contribution in [0.2, 0.25) is 0 Å². The van der Waals surface area contributed by atoms with Gasteiger partial charge < -0.3 is 26.0 Å². The van der Waals surface area contributed by atoms with Gasteiger partial charge in [0.2, 0.25) is 5.82 Å². The highest BCUT2D eigenvalue weighted by Gasteiger charge is 2.20. The lowest BCUT2D eigenvalue weighted by Crippen LogP contribution is -2.35. The topological polar surface area (TPSA) is 144 Å². The zero-order valence-corrected chi connectivity index (χ0v) is 20.7. The zero-order valence-electron chi connectivity index (χ0n) is 20.7. The highest BCUT2D eigenvalue weighted by Crippen LogP contribution is 2.20. The third-order valence-corrected chi connectivity index (χ3v) is 6.28. The van der Waals surface area contributed by atoms with Crippen LogP contribution in [-0.2, 0) is 0 Å². The molecule has 0 radical (unpaired) electrons. The van der Waals surface area contributed by atoms with Gasteiger partial charge in [0.25, 0.3) is 0 Å². The maximum absolute atomic E-state index is 10.1. The van der Waals surface area contributed by atoms with Crippen LogP contribution in [0.5, 0.6) is 5.75 Å². The van der Waals surface area contributed by atoms with Crippen LogP contribution in [0.3, 0.4) is 0 Å². The molecule has 0 atom stereocenters. The van der Waals surface area contributed by atoms with E-state index in [0.717, 1.165) is 30.1 Å². The Bertz CT molecular complexity index is 1590. The smallest absolute Gasteiger partial charge is 0.207 e. The molecule has 3 aromatic heterocycles. The summed E-state index contributed by atoms with van der Waals surface area (Å²) in [6.07, 6.45) is 7.67. The van der Waals surface area contributed by atoms with Gasteiger partial charge in [0, 0.05) is 50.3 Å². The molecule has 10 nitrogen and oxygen atoms in total. The van der Waals surface area contributed by atoms with Crippen molar-refractivity contribution in [3.63, 3.8) is 0 Å². The molecule has 0 unspecified atom stereocenters. The minimum Gasteiger partial charge on any atom is -0.507 e. The third kappa shape index (κ3) is 5.32. The fraction of sp³-hybridized carbons (Fsp3) is 0.179. The maximum Gasteiger partial charge on any atom is 0.207 e. The van der Waals surface area contributed by atoms with Crippen molar-refractivity contribution < 1.29 is 5.11 Å². The van der Waals surface area contributed by atoms with Crippen molar-refractivity contribution in [3.05, 3.63) is 96.0 Å². The lowest BCUT2D eigenvalue weighted by atomic mass is 10.1. The molecule has 0 saturated carbocycles. The predicted molar refractivity (Wildman–Crippen MR) is 147 cm³/mol. The first kappa shape index (κ1) is 24.5. The first-order valence-corrected chi connectivity index (χ1v) is 12.2. The number of para-hydroxylation sites is 1. The number of fused-ring (bicyclic) bond motifs is 1. The molecule has 0 spiro atoms. The number of phenolic OH excluding ortho intramolecular Hbond substituents is 1. The van der Waals surface area contributed by atoms with Gasteiger partial charge in [-0.05, 0) is 54.7 Å². The number of pyridine rings is 1. The van der Waals surface area contributed by atoms with E-state index in [0.29, 0.717) is 36.7 Å². The lowest BCUT2D eigenvalue weighted by Gasteiger charge is -2.26. The number of hydrogen-bond acceptors (Lipinski definition) is 8. The second-order valence-electron chi connectivity index (χ2n) is 8.76. The van der Waals surface area contributed by atoms with E-state index in [4.69, 9.17) is 16.6 Å². The lowest BCUT2D eigenvalue weighted by molar-refractivity contribution is 0.386. The van der Waals surface area contributed by atoms with Crippen molar-refractivity contribution in [2.45, 2.75) is 6.42 Å². The second kappa shape index (κ2) is 10.8. The SMILES string of the molecule is N=C(N)/C(=C\C(=N)c1ccccc1O)N1CCCN(c2ccnc(C#Cc3cccc4nccn34)n2)CC1. The highest BCUT2D eigenvalue weighted by atomic mass is 16.3. The number of rotatable bonds is 5. The van der Waals surface area contributed by atoms with E-state index in [1.165, 1.54) is 6.07 Å². The Kier molecular flexibility index (Phi) is 6.99. The third-order valence-electron chi connectivity index (χ3n) is 6.28. The number of anilines is 1. The molecule has 5 N–H and O–H groups in total. The molecule has 1 aromatic carbocycles. The van der Waals surface area contributed by atoms with E-state index >= 15 is 0 Å². The van der Waals surface area contributed by atoms with Gasteiger partial charge in [0.05, 0.1) is 17.1 Å². The van der Waals surface area contributed by atoms with Crippen LogP contribution in [0.4, 0.5) is 5.82 Å². The standard InChI is InChI=1S/C28H27N9O/c29-22(21-6-1-2-7-24(21)38)19-23(28(30)31)35-14-4-15-36(18-17-35)27-11-12-32-25(34-27)10-9-20-5-3-8-26-33-13-16-37(20)26/h1-3,5-8,11-13,16,19,29,38H,4,14-15,17-18H2,(H3,30,31)/b23-19+,29-22?. The number of nitrogens with two attached hydrogens (primary N) is 1. The summed E-state index contributed by atoms with van der Waals surface area (Å²) < 4.78 is 1.92. The Morgan fingerprint density at radius 3 is 2.66 bits per heavy atom. The number of hydrogen-bond donors (Lipinski definition) is 4. The van der Waals surface area contributed by atoms with Crippen molar-refractivity contribution in [2.24, 2.45) is 5.73 Å². The maximum atomic E-state index is 10.1. The van der Waals surface area contributed by atoms with Gasteiger partial charge in [-0.1, -0.05) is 18.2 Å². The number of imidazole rings is 1. The molecule has 10 heteroatoms. The molecule has 1 saturated heterocycles. The van der Waals surface area contributed by atoms with Crippen molar-refractivity contribution in [1.29, 1.82) is 10.8 Å². The van der Waals surface area contributed by atoms with E-state index in [9.17, 15) is 5.11 Å². The Morgan fingerprint density at radius 1 is 0.947 bits per heavy atom. The molecule has 5 rings (SSSR count). The molecule has 4 heterocycles. The predicted octanol–water partition coefficient (Wildman–Crippen LogP) is 2.63. The second-order valence-corrected chi connectivity index (χ2v) is 8.76. The molecule has 0 aliphatic carbocycles. The van der Waals surface area contributed by atoms with Crippen LogP contribution in [-0.4, -0.2) is 67.1 Å². The zero-order chi connectivity index (χ0) is 26.5. The minimum atomic E-state index is -0.119. The van der Waals surface area contributed by atoms with Gasteiger partial charge >= 0.3 is 0 Å². The first-order chi connectivity index (χ1) is 18.5. The summed E-state index contributed by atoms with van der Waals surface area (Å²) >= 11 is 0. The molecule has 1 aliphatic rings. The van der Waals surface area contributed by atoms with E-state index in [1.54, 1.807) is 36.7 Å². The molecular formula is C28H27N9O. The highest BCUT2D eigenvalue weighted by molar-refractivity contribution is 6.12. The Balaban J connectivity index is 1.32. The number of amidine groups is 1. The minimum absolute atomic E-state index is 0.0167. The first-order valence-electron chi connectivity index (χ1n) is 12.2. The Hall–Kier alpha value is -5.17. The molecule has 38 heavy (non-hydrogen) atoms. The molecule has 1 fully saturated rings. The van der Waals surface area contributed by atoms with E-state index in [1.807, 2.05) is 39.8 Å². The summed E-state index contributed by atoms with van der Waals surface area (Å²) in [5.74, 6) is 7.32. The van der Waals surface area contributed by atoms with E-state index in [2.05, 4.69) is 31.7 Å². The summed E-state index contributed by atoms with van der Waals surface area (Å²) in [5, 5.41) is 26.7. The van der Waals surface area contributed by atoms with Crippen LogP contribution in [0.15, 0.2) is 78.9 Å². The van der Waals surface area contributed by atoms with Gasteiger partial charge in [-0.25, -0.2) is 15.0 Å². The number of nitrogens with zero attached hydrogens (tertiary/aromatic N) is 6. The summed E-state index contributed by atoms with van der Waals surface area (Å²) in [4.78, 5) is 17.5. The summed E-state index contributed by atoms with van der Waals surface area (Å²) in [7, 11) is 0. The van der Waals surface area contributed by atoms with Crippen LogP contribution < -0.4 is 10.6 Å². The molecule has 1 aliphatic heterocycles. The molecule has 190 valence electrons. The van der Waals surface area contributed by atoms with Crippen LogP contribution in [0.1, 0.15) is 23.5 Å². The Morgan fingerprint density at radius 2 is 1.82 bits per heavy atom. The summed E-state index contributed by atoms with van der Waals surface area (Å²) in [5.41, 5.74) is 8.50. The summed E-state index contributed by atoms with van der Waals surface area (Å²) in [6, 6.07) is 14.3. The van der Waals surface area contributed by atoms with E-state index in [-0.39, 0.29) is 17.3 Å². The fourth-order valence-electron chi connectivity index (χ4n) is 4.40. The van der Waals surface area contributed by atoms with Gasteiger partial charge in [-0.15, -0.1) is 0 Å². The normalized spacial score (nSPS) is 14.1. The number of aromatic hydroxyl groups is 1. The molecule has 0 bridgehead atoms. The van der Waals surface area contributed by atoms with Crippen molar-refractivity contribution >= 4 is 23.0 Å². The van der Waals surface area contributed by atoms with Gasteiger partial charge in [0.1, 0.15) is 23.1 Å². The number of nitrogens with one attached hydrogen (secondary N) is 2. The molecule has 0 amide bonds. The van der Waals surface area contributed by atoms with Gasteiger partial charge in [-0.3, -0.25) is 9.81 Å². The number of phenols is 1. The van der Waals surface area contributed by atoms with Gasteiger partial charge in [-0.2, -0.15) is 0 Å². The monoisotopic (exact) mass is 505 g/mol. The molecular weight excluding hydrogens is 478 g/mol. The average molecular weight is 506 g/mol. The molecule has 4 aromatic rings. The average Bonchev–Trinajstić information content (AvgIpc) is 3.28. The number of benzene rings is 1.